The molecule has 128 valence electrons. The Morgan fingerprint density at radius 2 is 1.91 bits per heavy atom. The smallest absolute Gasteiger partial charge is 0.269 e. The molecule has 1 aromatic rings. The molecule has 23 heavy (non-hydrogen) atoms. The summed E-state index contributed by atoms with van der Waals surface area (Å²) in [6, 6.07) is 6.60. The van der Waals surface area contributed by atoms with Crippen LogP contribution in [0.2, 0.25) is 0 Å². The van der Waals surface area contributed by atoms with Crippen LogP contribution in [0.15, 0.2) is 29.3 Å². The average Bonchev–Trinajstić information content (AvgIpc) is 3.01. The molecule has 2 rings (SSSR count). The van der Waals surface area contributed by atoms with Gasteiger partial charge in [-0.2, -0.15) is 0 Å². The van der Waals surface area contributed by atoms with Crippen molar-refractivity contribution in [3.63, 3.8) is 0 Å². The Morgan fingerprint density at radius 3 is 2.43 bits per heavy atom. The largest absolute Gasteiger partial charge is 0.356 e. The number of rotatable bonds is 5. The van der Waals surface area contributed by atoms with E-state index >= 15 is 0 Å². The highest BCUT2D eigenvalue weighted by atomic mass is 127. The molecular weight excluding hydrogens is 407 g/mol. The van der Waals surface area contributed by atoms with E-state index in [-0.39, 0.29) is 34.6 Å². The second kappa shape index (κ2) is 9.69. The molecule has 1 aliphatic heterocycles. The van der Waals surface area contributed by atoms with Crippen LogP contribution >= 0.6 is 24.0 Å². The van der Waals surface area contributed by atoms with E-state index < -0.39 is 0 Å². The number of halogens is 1. The van der Waals surface area contributed by atoms with Gasteiger partial charge in [0.15, 0.2) is 5.96 Å². The fourth-order valence-electron chi connectivity index (χ4n) is 2.38. The molecule has 1 aromatic carbocycles. The summed E-state index contributed by atoms with van der Waals surface area (Å²) in [5.74, 6) is 1.51. The zero-order chi connectivity index (χ0) is 15.9. The van der Waals surface area contributed by atoms with Crippen molar-refractivity contribution in [2.75, 3.05) is 19.6 Å². The monoisotopic (exact) mass is 432 g/mol. The van der Waals surface area contributed by atoms with Gasteiger partial charge in [0, 0.05) is 31.8 Å². The maximum atomic E-state index is 10.7. The first-order chi connectivity index (χ1) is 10.6. The van der Waals surface area contributed by atoms with Crippen LogP contribution < -0.4 is 5.32 Å². The Hall–Kier alpha value is -1.38. The van der Waals surface area contributed by atoms with E-state index in [9.17, 15) is 10.1 Å². The standard InChI is InChI=1S/C16H24N4O2.HI/c1-13(2)11-17-16(19-9-3-4-10-19)18-12-14-5-7-15(8-6-14)20(21)22;/h5-8,13H,3-4,9-12H2,1-2H3,(H,17,18);1H. The Labute approximate surface area is 154 Å². The van der Waals surface area contributed by atoms with Crippen LogP contribution in [-0.4, -0.2) is 35.4 Å². The third kappa shape index (κ3) is 6.32. The molecule has 1 N–H and O–H groups in total. The van der Waals surface area contributed by atoms with Crippen molar-refractivity contribution in [2.24, 2.45) is 10.9 Å². The highest BCUT2D eigenvalue weighted by Crippen LogP contribution is 2.13. The fourth-order valence-corrected chi connectivity index (χ4v) is 2.38. The molecule has 0 amide bonds. The Balaban J connectivity index is 0.00000264. The fraction of sp³-hybridized carbons (Fsp3) is 0.562. The minimum absolute atomic E-state index is 0. The van der Waals surface area contributed by atoms with E-state index in [0.717, 1.165) is 31.2 Å². The van der Waals surface area contributed by atoms with Crippen molar-refractivity contribution in [3.8, 4) is 0 Å². The topological polar surface area (TPSA) is 70.8 Å². The second-order valence-corrected chi connectivity index (χ2v) is 6.03. The van der Waals surface area contributed by atoms with Gasteiger partial charge in [-0.3, -0.25) is 10.1 Å². The maximum absolute atomic E-state index is 10.7. The lowest BCUT2D eigenvalue weighted by molar-refractivity contribution is -0.384. The summed E-state index contributed by atoms with van der Waals surface area (Å²) in [5, 5.41) is 14.1. The summed E-state index contributed by atoms with van der Waals surface area (Å²) >= 11 is 0. The Morgan fingerprint density at radius 1 is 1.30 bits per heavy atom. The molecule has 0 unspecified atom stereocenters. The SMILES string of the molecule is CC(C)CNC(=NCc1ccc([N+](=O)[O-])cc1)N1CCCC1.I. The van der Waals surface area contributed by atoms with Crippen molar-refractivity contribution < 1.29 is 4.92 Å². The van der Waals surface area contributed by atoms with Crippen LogP contribution in [0.5, 0.6) is 0 Å². The molecule has 7 heteroatoms. The van der Waals surface area contributed by atoms with Crippen LogP contribution in [0, 0.1) is 16.0 Å². The molecule has 0 radical (unpaired) electrons. The molecule has 0 bridgehead atoms. The summed E-state index contributed by atoms with van der Waals surface area (Å²) in [6.45, 7) is 7.87. The van der Waals surface area contributed by atoms with Gasteiger partial charge < -0.3 is 10.2 Å². The first-order valence-corrected chi connectivity index (χ1v) is 7.83. The molecular formula is C16H25IN4O2. The van der Waals surface area contributed by atoms with E-state index in [2.05, 4.69) is 29.1 Å². The molecule has 0 aromatic heterocycles. The number of nitrogens with zero attached hydrogens (tertiary/aromatic N) is 3. The van der Waals surface area contributed by atoms with Gasteiger partial charge in [-0.05, 0) is 24.3 Å². The van der Waals surface area contributed by atoms with E-state index in [1.165, 1.54) is 25.0 Å². The minimum Gasteiger partial charge on any atom is -0.356 e. The van der Waals surface area contributed by atoms with Crippen LogP contribution in [0.4, 0.5) is 5.69 Å². The highest BCUT2D eigenvalue weighted by molar-refractivity contribution is 14.0. The van der Waals surface area contributed by atoms with E-state index in [1.54, 1.807) is 12.1 Å². The normalized spacial score (nSPS) is 14.7. The number of guanidine groups is 1. The van der Waals surface area contributed by atoms with Crippen molar-refractivity contribution >= 4 is 35.6 Å². The number of nitro groups is 1. The zero-order valence-electron chi connectivity index (χ0n) is 13.7. The predicted octanol–water partition coefficient (Wildman–Crippen LogP) is 3.41. The van der Waals surface area contributed by atoms with Crippen molar-refractivity contribution in [1.29, 1.82) is 0 Å². The highest BCUT2D eigenvalue weighted by Gasteiger charge is 2.16. The molecule has 0 aliphatic carbocycles. The number of benzene rings is 1. The molecule has 1 saturated heterocycles. The number of aliphatic imine (C=N–C) groups is 1. The van der Waals surface area contributed by atoms with Gasteiger partial charge in [0.2, 0.25) is 0 Å². The van der Waals surface area contributed by atoms with Crippen molar-refractivity contribution in [3.05, 3.63) is 39.9 Å². The molecule has 1 heterocycles. The zero-order valence-corrected chi connectivity index (χ0v) is 16.0. The van der Waals surface area contributed by atoms with E-state index in [4.69, 9.17) is 0 Å². The Kier molecular flexibility index (Phi) is 8.29. The van der Waals surface area contributed by atoms with Gasteiger partial charge >= 0.3 is 0 Å². The Bertz CT molecular complexity index is 525. The molecule has 6 nitrogen and oxygen atoms in total. The van der Waals surface area contributed by atoms with Gasteiger partial charge in [-0.1, -0.05) is 26.0 Å². The summed E-state index contributed by atoms with van der Waals surface area (Å²) in [5.41, 5.74) is 1.10. The number of likely N-dealkylation sites (tertiary alicyclic amines) is 1. The molecule has 1 aliphatic rings. The van der Waals surface area contributed by atoms with Gasteiger partial charge in [0.05, 0.1) is 11.5 Å². The number of non-ortho nitro benzene ring substituents is 1. The van der Waals surface area contributed by atoms with E-state index in [0.29, 0.717) is 12.5 Å². The van der Waals surface area contributed by atoms with E-state index in [1.807, 2.05) is 0 Å². The number of hydrogen-bond acceptors (Lipinski definition) is 3. The quantitative estimate of drug-likeness (QED) is 0.255. The van der Waals surface area contributed by atoms with Crippen LogP contribution in [0.3, 0.4) is 0 Å². The third-order valence-corrected chi connectivity index (χ3v) is 3.63. The minimum atomic E-state index is -0.382. The average molecular weight is 432 g/mol. The third-order valence-electron chi connectivity index (χ3n) is 3.63. The molecule has 0 saturated carbocycles. The second-order valence-electron chi connectivity index (χ2n) is 6.03. The number of hydrogen-bond donors (Lipinski definition) is 1. The summed E-state index contributed by atoms with van der Waals surface area (Å²) in [6.07, 6.45) is 2.42. The first kappa shape index (κ1) is 19.7. The molecule has 0 spiro atoms. The van der Waals surface area contributed by atoms with Gasteiger partial charge in [0.25, 0.3) is 5.69 Å². The summed E-state index contributed by atoms with van der Waals surface area (Å²) in [7, 11) is 0. The van der Waals surface area contributed by atoms with Crippen LogP contribution in [-0.2, 0) is 6.54 Å². The first-order valence-electron chi connectivity index (χ1n) is 7.83. The summed E-state index contributed by atoms with van der Waals surface area (Å²) < 4.78 is 0. The maximum Gasteiger partial charge on any atom is 0.269 e. The number of nitrogens with one attached hydrogen (secondary N) is 1. The van der Waals surface area contributed by atoms with Crippen molar-refractivity contribution in [2.45, 2.75) is 33.2 Å². The lowest BCUT2D eigenvalue weighted by Crippen LogP contribution is -2.41. The lowest BCUT2D eigenvalue weighted by Gasteiger charge is -2.22. The number of nitro benzene ring substituents is 1. The van der Waals surface area contributed by atoms with Crippen LogP contribution in [0.25, 0.3) is 0 Å². The van der Waals surface area contributed by atoms with Gasteiger partial charge in [-0.25, -0.2) is 4.99 Å². The lowest BCUT2D eigenvalue weighted by atomic mass is 10.2. The van der Waals surface area contributed by atoms with Crippen molar-refractivity contribution in [1.82, 2.24) is 10.2 Å². The van der Waals surface area contributed by atoms with Gasteiger partial charge in [0.1, 0.15) is 0 Å². The molecule has 1 fully saturated rings. The summed E-state index contributed by atoms with van der Waals surface area (Å²) in [4.78, 5) is 17.3. The van der Waals surface area contributed by atoms with Crippen LogP contribution in [0.1, 0.15) is 32.3 Å². The molecule has 0 atom stereocenters. The van der Waals surface area contributed by atoms with Gasteiger partial charge in [-0.15, -0.1) is 24.0 Å². The predicted molar refractivity (Wildman–Crippen MR) is 103 cm³/mol.